The maximum atomic E-state index is 12.5. The molecular weight excluding hydrogens is 411 g/mol. The summed E-state index contributed by atoms with van der Waals surface area (Å²) in [6, 6.07) is 10.3. The molecular formula is C21H32Cl2N4O2. The van der Waals surface area contributed by atoms with E-state index >= 15 is 0 Å². The second-order valence-electron chi connectivity index (χ2n) is 8.11. The van der Waals surface area contributed by atoms with Gasteiger partial charge in [0, 0.05) is 50.7 Å². The maximum Gasteiger partial charge on any atom is 0.224 e. The summed E-state index contributed by atoms with van der Waals surface area (Å²) in [6.07, 6.45) is 3.64. The zero-order valence-electron chi connectivity index (χ0n) is 16.8. The highest BCUT2D eigenvalue weighted by Crippen LogP contribution is 2.58. The van der Waals surface area contributed by atoms with Gasteiger partial charge in [-0.2, -0.15) is 0 Å². The lowest BCUT2D eigenvalue weighted by Crippen LogP contribution is -2.49. The van der Waals surface area contributed by atoms with E-state index in [1.807, 2.05) is 23.1 Å². The lowest BCUT2D eigenvalue weighted by atomic mass is 9.92. The molecule has 29 heavy (non-hydrogen) atoms. The average molecular weight is 443 g/mol. The van der Waals surface area contributed by atoms with Gasteiger partial charge in [0.15, 0.2) is 0 Å². The van der Waals surface area contributed by atoms with Crippen molar-refractivity contribution in [2.24, 2.45) is 11.3 Å². The summed E-state index contributed by atoms with van der Waals surface area (Å²) in [4.78, 5) is 29.1. The molecule has 1 atom stereocenters. The number of hydrogen-bond acceptors (Lipinski definition) is 4. The van der Waals surface area contributed by atoms with Crippen molar-refractivity contribution in [2.75, 3.05) is 50.7 Å². The fourth-order valence-electron chi connectivity index (χ4n) is 4.62. The Bertz CT molecular complexity index is 675. The van der Waals surface area contributed by atoms with E-state index < -0.39 is 0 Å². The monoisotopic (exact) mass is 442 g/mol. The van der Waals surface area contributed by atoms with Crippen LogP contribution in [0.5, 0.6) is 0 Å². The molecule has 4 rings (SSSR count). The minimum Gasteiger partial charge on any atom is -0.368 e. The Hall–Kier alpha value is -1.50. The first-order chi connectivity index (χ1) is 13.2. The molecule has 162 valence electrons. The van der Waals surface area contributed by atoms with Crippen LogP contribution in [0.2, 0.25) is 0 Å². The quantitative estimate of drug-likeness (QED) is 0.732. The molecule has 2 saturated heterocycles. The molecule has 3 aliphatic rings. The van der Waals surface area contributed by atoms with Crippen LogP contribution in [0.1, 0.15) is 25.7 Å². The SMILES string of the molecule is Cl.Cl.O=C(NCCC(=O)N1CCN(c2ccccc2)CC1)C1CC12CCNCC2. The number of benzene rings is 1. The highest BCUT2D eigenvalue weighted by atomic mass is 35.5. The molecule has 6 nitrogen and oxygen atoms in total. The topological polar surface area (TPSA) is 64.7 Å². The molecule has 2 heterocycles. The van der Waals surface area contributed by atoms with Gasteiger partial charge in [-0.3, -0.25) is 9.59 Å². The van der Waals surface area contributed by atoms with Crippen molar-refractivity contribution >= 4 is 42.3 Å². The number of anilines is 1. The predicted octanol–water partition coefficient (Wildman–Crippen LogP) is 2.07. The van der Waals surface area contributed by atoms with Crippen molar-refractivity contribution in [1.82, 2.24) is 15.5 Å². The zero-order chi connectivity index (χ0) is 18.7. The summed E-state index contributed by atoms with van der Waals surface area (Å²) in [5.74, 6) is 0.470. The van der Waals surface area contributed by atoms with Gasteiger partial charge in [-0.15, -0.1) is 24.8 Å². The van der Waals surface area contributed by atoms with Gasteiger partial charge in [-0.05, 0) is 49.9 Å². The van der Waals surface area contributed by atoms with E-state index in [1.54, 1.807) is 0 Å². The Kier molecular flexibility index (Phi) is 8.61. The molecule has 2 N–H and O–H groups in total. The van der Waals surface area contributed by atoms with Crippen molar-refractivity contribution in [1.29, 1.82) is 0 Å². The molecule has 1 saturated carbocycles. The molecule has 2 aliphatic heterocycles. The number of rotatable bonds is 5. The molecule has 1 aromatic rings. The number of carbonyl (C=O) groups excluding carboxylic acids is 2. The maximum absolute atomic E-state index is 12.5. The van der Waals surface area contributed by atoms with Gasteiger partial charge in [-0.25, -0.2) is 0 Å². The normalized spacial score (nSPS) is 22.3. The first-order valence-corrected chi connectivity index (χ1v) is 10.2. The number of carbonyl (C=O) groups is 2. The fraction of sp³-hybridized carbons (Fsp3) is 0.619. The van der Waals surface area contributed by atoms with Gasteiger partial charge in [0.25, 0.3) is 0 Å². The largest absolute Gasteiger partial charge is 0.368 e. The van der Waals surface area contributed by atoms with Crippen molar-refractivity contribution in [3.8, 4) is 0 Å². The summed E-state index contributed by atoms with van der Waals surface area (Å²) >= 11 is 0. The lowest BCUT2D eigenvalue weighted by Gasteiger charge is -2.36. The number of piperazine rings is 1. The van der Waals surface area contributed by atoms with Crippen LogP contribution in [0.4, 0.5) is 5.69 Å². The van der Waals surface area contributed by atoms with Gasteiger partial charge in [-0.1, -0.05) is 18.2 Å². The number of nitrogens with zero attached hydrogens (tertiary/aromatic N) is 2. The first kappa shape index (κ1) is 23.8. The Morgan fingerprint density at radius 3 is 2.34 bits per heavy atom. The van der Waals surface area contributed by atoms with Gasteiger partial charge >= 0.3 is 0 Å². The Morgan fingerprint density at radius 2 is 1.69 bits per heavy atom. The summed E-state index contributed by atoms with van der Waals surface area (Å²) in [5.41, 5.74) is 1.47. The highest BCUT2D eigenvalue weighted by Gasteiger charge is 2.57. The van der Waals surface area contributed by atoms with E-state index in [-0.39, 0.29) is 48.0 Å². The van der Waals surface area contributed by atoms with Crippen LogP contribution >= 0.6 is 24.8 Å². The predicted molar refractivity (Wildman–Crippen MR) is 120 cm³/mol. The molecule has 1 spiro atoms. The third-order valence-corrected chi connectivity index (χ3v) is 6.50. The van der Waals surface area contributed by atoms with Crippen LogP contribution in [0.25, 0.3) is 0 Å². The Balaban J connectivity index is 0.00000150. The second-order valence-corrected chi connectivity index (χ2v) is 8.11. The van der Waals surface area contributed by atoms with E-state index in [0.717, 1.165) is 58.5 Å². The summed E-state index contributed by atoms with van der Waals surface area (Å²) < 4.78 is 0. The molecule has 8 heteroatoms. The Morgan fingerprint density at radius 1 is 1.03 bits per heavy atom. The van der Waals surface area contributed by atoms with E-state index in [1.165, 1.54) is 5.69 Å². The number of amides is 2. The van der Waals surface area contributed by atoms with Crippen molar-refractivity contribution in [2.45, 2.75) is 25.7 Å². The third-order valence-electron chi connectivity index (χ3n) is 6.50. The molecule has 0 bridgehead atoms. The summed E-state index contributed by atoms with van der Waals surface area (Å²) in [6.45, 7) is 5.73. The molecule has 3 fully saturated rings. The number of nitrogens with one attached hydrogen (secondary N) is 2. The Labute approximate surface area is 185 Å². The van der Waals surface area contributed by atoms with Crippen LogP contribution in [-0.2, 0) is 9.59 Å². The van der Waals surface area contributed by atoms with Gasteiger partial charge in [0.2, 0.25) is 11.8 Å². The van der Waals surface area contributed by atoms with Gasteiger partial charge in [0.1, 0.15) is 0 Å². The highest BCUT2D eigenvalue weighted by molar-refractivity contribution is 5.85. The molecule has 1 aromatic carbocycles. The van der Waals surface area contributed by atoms with Gasteiger partial charge in [0.05, 0.1) is 0 Å². The van der Waals surface area contributed by atoms with Crippen molar-refractivity contribution in [3.05, 3.63) is 30.3 Å². The van der Waals surface area contributed by atoms with E-state index in [2.05, 4.69) is 27.7 Å². The van der Waals surface area contributed by atoms with E-state index in [9.17, 15) is 9.59 Å². The number of halogens is 2. The van der Waals surface area contributed by atoms with Crippen LogP contribution < -0.4 is 15.5 Å². The van der Waals surface area contributed by atoms with Gasteiger partial charge < -0.3 is 20.4 Å². The van der Waals surface area contributed by atoms with Crippen LogP contribution in [0, 0.1) is 11.3 Å². The first-order valence-electron chi connectivity index (χ1n) is 10.2. The standard InChI is InChI=1S/C21H30N4O2.2ClH/c26-19(25-14-12-24(13-15-25)17-4-2-1-3-5-17)6-9-23-20(27)18-16-21(18)7-10-22-11-8-21;;/h1-5,18,22H,6-16H2,(H,23,27);2*1H. The average Bonchev–Trinajstić information content (AvgIpc) is 3.42. The molecule has 0 radical (unpaired) electrons. The third kappa shape index (κ3) is 5.56. The minimum atomic E-state index is 0. The van der Waals surface area contributed by atoms with E-state index in [0.29, 0.717) is 13.0 Å². The smallest absolute Gasteiger partial charge is 0.224 e. The molecule has 1 aliphatic carbocycles. The summed E-state index contributed by atoms with van der Waals surface area (Å²) in [5, 5.41) is 6.37. The van der Waals surface area contributed by atoms with Crippen molar-refractivity contribution in [3.63, 3.8) is 0 Å². The number of hydrogen-bond donors (Lipinski definition) is 2. The van der Waals surface area contributed by atoms with Crippen LogP contribution in [0.15, 0.2) is 30.3 Å². The van der Waals surface area contributed by atoms with Crippen LogP contribution in [0.3, 0.4) is 0 Å². The molecule has 1 unspecified atom stereocenters. The van der Waals surface area contributed by atoms with Crippen LogP contribution in [-0.4, -0.2) is 62.5 Å². The number of piperidine rings is 1. The molecule has 0 aromatic heterocycles. The zero-order valence-corrected chi connectivity index (χ0v) is 18.4. The number of para-hydroxylation sites is 1. The summed E-state index contributed by atoms with van der Waals surface area (Å²) in [7, 11) is 0. The van der Waals surface area contributed by atoms with Crippen molar-refractivity contribution < 1.29 is 9.59 Å². The lowest BCUT2D eigenvalue weighted by molar-refractivity contribution is -0.131. The van der Waals surface area contributed by atoms with E-state index in [4.69, 9.17) is 0 Å². The second kappa shape index (κ2) is 10.5. The molecule has 2 amide bonds. The minimum absolute atomic E-state index is 0. The fourth-order valence-corrected chi connectivity index (χ4v) is 4.62.